The number of nitrogens with one attached hydrogen (secondary N) is 1. The number of benzene rings is 3. The molecule has 3 aromatic rings. The molecule has 0 saturated heterocycles. The molecule has 33 heavy (non-hydrogen) atoms. The van der Waals surface area contributed by atoms with Crippen LogP contribution in [-0.4, -0.2) is 12.1 Å². The number of ether oxygens (including phenoxy) is 1. The summed E-state index contributed by atoms with van der Waals surface area (Å²) in [7, 11) is 0. The van der Waals surface area contributed by atoms with Crippen LogP contribution >= 0.6 is 45.2 Å². The van der Waals surface area contributed by atoms with Gasteiger partial charge < -0.3 is 4.74 Å². The summed E-state index contributed by atoms with van der Waals surface area (Å²) in [4.78, 5) is 12.1. The van der Waals surface area contributed by atoms with Crippen LogP contribution in [0.2, 0.25) is 0 Å². The van der Waals surface area contributed by atoms with Gasteiger partial charge in [-0.2, -0.15) is 23.5 Å². The topological polar surface area (TPSA) is 74.5 Å². The fourth-order valence-electron chi connectivity index (χ4n) is 2.76. The normalized spacial score (nSPS) is 11.3. The highest BCUT2D eigenvalue weighted by Gasteiger charge is 2.30. The largest absolute Gasteiger partial charge is 0.487 e. The number of hydrogen-bond donors (Lipinski definition) is 1. The fraction of sp³-hybridized carbons (Fsp3) is 0.0870. The molecule has 0 radical (unpaired) electrons. The minimum atomic E-state index is -4.53. The molecular weight excluding hydrogens is 661 g/mol. The highest BCUT2D eigenvalue weighted by Crippen LogP contribution is 2.30. The Morgan fingerprint density at radius 1 is 1.09 bits per heavy atom. The molecule has 0 aromatic heterocycles. The summed E-state index contributed by atoms with van der Waals surface area (Å²) in [5.74, 6) is -0.105. The Balaban J connectivity index is 1.67. The number of alkyl halides is 3. The Labute approximate surface area is 214 Å². The Hall–Kier alpha value is -2.66. The zero-order valence-corrected chi connectivity index (χ0v) is 21.0. The third kappa shape index (κ3) is 6.67. The van der Waals surface area contributed by atoms with Crippen LogP contribution in [0, 0.1) is 18.5 Å². The van der Waals surface area contributed by atoms with Gasteiger partial charge >= 0.3 is 6.18 Å². The van der Waals surface area contributed by atoms with E-state index in [0.29, 0.717) is 16.9 Å². The van der Waals surface area contributed by atoms with E-state index in [1.54, 1.807) is 24.3 Å². The summed E-state index contributed by atoms with van der Waals surface area (Å²) in [6, 6.07) is 17.0. The van der Waals surface area contributed by atoms with Crippen LogP contribution in [0.4, 0.5) is 13.2 Å². The van der Waals surface area contributed by atoms with Gasteiger partial charge in [-0.3, -0.25) is 4.79 Å². The first-order valence-electron chi connectivity index (χ1n) is 9.29. The molecule has 0 aliphatic carbocycles. The van der Waals surface area contributed by atoms with Crippen LogP contribution < -0.4 is 10.2 Å². The predicted octanol–water partition coefficient (Wildman–Crippen LogP) is 6.13. The number of hydrogen-bond acceptors (Lipinski definition) is 4. The maximum Gasteiger partial charge on any atom is 0.416 e. The van der Waals surface area contributed by atoms with Gasteiger partial charge in [-0.25, -0.2) is 5.43 Å². The Morgan fingerprint density at radius 2 is 1.79 bits per heavy atom. The quantitative estimate of drug-likeness (QED) is 0.194. The summed E-state index contributed by atoms with van der Waals surface area (Å²) in [5, 5.41) is 13.1. The van der Waals surface area contributed by atoms with Gasteiger partial charge in [0.05, 0.1) is 30.6 Å². The van der Waals surface area contributed by atoms with Crippen molar-refractivity contribution >= 4 is 57.3 Å². The maximum atomic E-state index is 12.8. The third-order valence-corrected chi connectivity index (χ3v) is 5.96. The van der Waals surface area contributed by atoms with Gasteiger partial charge in [0.2, 0.25) is 0 Å². The number of carbonyl (C=O) groups is 1. The van der Waals surface area contributed by atoms with Gasteiger partial charge in [0.25, 0.3) is 5.91 Å². The summed E-state index contributed by atoms with van der Waals surface area (Å²) < 4.78 is 45.9. The number of nitriles is 1. The van der Waals surface area contributed by atoms with E-state index < -0.39 is 17.6 Å². The second kappa shape index (κ2) is 11.0. The van der Waals surface area contributed by atoms with Crippen LogP contribution in [0.25, 0.3) is 0 Å². The molecule has 0 aliphatic rings. The summed E-state index contributed by atoms with van der Waals surface area (Å²) in [6.45, 7) is 0.232. The van der Waals surface area contributed by atoms with Gasteiger partial charge in [-0.05, 0) is 87.1 Å². The van der Waals surface area contributed by atoms with Crippen LogP contribution in [-0.2, 0) is 12.8 Å². The molecule has 0 aliphatic heterocycles. The monoisotopic (exact) mass is 675 g/mol. The van der Waals surface area contributed by atoms with Crippen LogP contribution in [0.5, 0.6) is 5.75 Å². The summed E-state index contributed by atoms with van der Waals surface area (Å²) >= 11 is 4.21. The minimum absolute atomic E-state index is 0.146. The van der Waals surface area contributed by atoms with Crippen molar-refractivity contribution in [2.24, 2.45) is 5.10 Å². The molecule has 0 bridgehead atoms. The van der Waals surface area contributed by atoms with Gasteiger partial charge in [0.1, 0.15) is 12.4 Å². The van der Waals surface area contributed by atoms with Crippen LogP contribution in [0.1, 0.15) is 32.6 Å². The summed E-state index contributed by atoms with van der Waals surface area (Å²) in [5.41, 5.74) is 3.16. The van der Waals surface area contributed by atoms with Crippen molar-refractivity contribution < 1.29 is 22.7 Å². The van der Waals surface area contributed by atoms with E-state index in [4.69, 9.17) is 4.74 Å². The standard InChI is InChI=1S/C23H14F3I2N3O2/c24-23(25,26)18-7-3-6-15(10-18)22(32)31-30-12-14-8-19(27)21(20(28)9-14)33-13-17-5-2-1-4-16(17)11-29/h1-10,12H,13H2,(H,31,32)/b30-12-. The van der Waals surface area contributed by atoms with E-state index in [0.717, 1.165) is 24.8 Å². The van der Waals surface area contributed by atoms with Crippen molar-refractivity contribution in [2.45, 2.75) is 12.8 Å². The van der Waals surface area contributed by atoms with Crippen molar-refractivity contribution in [3.8, 4) is 11.8 Å². The molecule has 0 saturated carbocycles. The van der Waals surface area contributed by atoms with Gasteiger partial charge in [-0.1, -0.05) is 24.3 Å². The van der Waals surface area contributed by atoms with Gasteiger partial charge in [0.15, 0.2) is 0 Å². The third-order valence-electron chi connectivity index (χ3n) is 4.36. The van der Waals surface area contributed by atoms with Crippen LogP contribution in [0.3, 0.4) is 0 Å². The van der Waals surface area contributed by atoms with E-state index in [2.05, 4.69) is 61.8 Å². The number of nitrogens with zero attached hydrogens (tertiary/aromatic N) is 2. The zero-order valence-electron chi connectivity index (χ0n) is 16.7. The van der Waals surface area contributed by atoms with Crippen molar-refractivity contribution in [1.82, 2.24) is 5.43 Å². The minimum Gasteiger partial charge on any atom is -0.487 e. The lowest BCUT2D eigenvalue weighted by Gasteiger charge is -2.12. The number of rotatable bonds is 6. The number of hydrazone groups is 1. The molecule has 5 nitrogen and oxygen atoms in total. The lowest BCUT2D eigenvalue weighted by atomic mass is 10.1. The second-order valence-corrected chi connectivity index (χ2v) is 8.97. The molecule has 10 heteroatoms. The number of halogens is 5. The Kier molecular flexibility index (Phi) is 8.30. The summed E-state index contributed by atoms with van der Waals surface area (Å²) in [6.07, 6.45) is -3.14. The molecule has 168 valence electrons. The van der Waals surface area contributed by atoms with Crippen molar-refractivity contribution in [1.29, 1.82) is 5.26 Å². The Bertz CT molecular complexity index is 1230. The average Bonchev–Trinajstić information content (AvgIpc) is 2.78. The maximum absolute atomic E-state index is 12.8. The van der Waals surface area contributed by atoms with E-state index in [1.165, 1.54) is 18.3 Å². The average molecular weight is 675 g/mol. The van der Waals surface area contributed by atoms with E-state index >= 15 is 0 Å². The SMILES string of the molecule is N#Cc1ccccc1COc1c(I)cc(/C=N\NC(=O)c2cccc(C(F)(F)F)c2)cc1I. The predicted molar refractivity (Wildman–Crippen MR) is 134 cm³/mol. The van der Waals surface area contributed by atoms with E-state index in [1.807, 2.05) is 12.1 Å². The first-order chi connectivity index (χ1) is 15.7. The molecular formula is C23H14F3I2N3O2. The molecule has 0 atom stereocenters. The van der Waals surface area contributed by atoms with E-state index in [9.17, 15) is 23.2 Å². The van der Waals surface area contributed by atoms with Gasteiger partial charge in [-0.15, -0.1) is 0 Å². The molecule has 0 heterocycles. The first kappa shape index (κ1) is 25.0. The molecule has 0 fully saturated rings. The van der Waals surface area contributed by atoms with Crippen molar-refractivity contribution in [3.63, 3.8) is 0 Å². The molecule has 3 aromatic carbocycles. The highest BCUT2D eigenvalue weighted by molar-refractivity contribution is 14.1. The smallest absolute Gasteiger partial charge is 0.416 e. The first-order valence-corrected chi connectivity index (χ1v) is 11.5. The zero-order chi connectivity index (χ0) is 24.0. The van der Waals surface area contributed by atoms with Gasteiger partial charge in [0, 0.05) is 11.1 Å². The lowest BCUT2D eigenvalue weighted by molar-refractivity contribution is -0.137. The second-order valence-electron chi connectivity index (χ2n) is 6.65. The van der Waals surface area contributed by atoms with E-state index in [-0.39, 0.29) is 12.2 Å². The highest BCUT2D eigenvalue weighted by atomic mass is 127. The van der Waals surface area contributed by atoms with Crippen LogP contribution in [0.15, 0.2) is 65.8 Å². The lowest BCUT2D eigenvalue weighted by Crippen LogP contribution is -2.18. The molecule has 1 amide bonds. The molecule has 0 unspecified atom stereocenters. The Morgan fingerprint density at radius 3 is 2.45 bits per heavy atom. The van der Waals surface area contributed by atoms with Crippen molar-refractivity contribution in [2.75, 3.05) is 0 Å². The van der Waals surface area contributed by atoms with Crippen molar-refractivity contribution in [3.05, 3.63) is 95.6 Å². The molecule has 0 spiro atoms. The number of amides is 1. The fourth-order valence-corrected chi connectivity index (χ4v) is 4.89. The molecule has 1 N–H and O–H groups in total. The number of carbonyl (C=O) groups excluding carboxylic acids is 1. The molecule has 3 rings (SSSR count).